The van der Waals surface area contributed by atoms with Gasteiger partial charge in [0, 0.05) is 5.92 Å². The fourth-order valence-corrected chi connectivity index (χ4v) is 2.05. The molecule has 1 heterocycles. The van der Waals surface area contributed by atoms with Gasteiger partial charge in [0.25, 0.3) is 0 Å². The second-order valence-electron chi connectivity index (χ2n) is 4.21. The van der Waals surface area contributed by atoms with E-state index in [-0.39, 0.29) is 6.54 Å². The molecule has 0 atom stereocenters. The van der Waals surface area contributed by atoms with Crippen LogP contribution in [-0.2, 0) is 11.3 Å². The number of carboxylic acids is 1. The van der Waals surface area contributed by atoms with Crippen molar-refractivity contribution in [1.29, 1.82) is 0 Å². The molecule has 0 unspecified atom stereocenters. The molecular formula is C12H12N2O2. The molecular weight excluding hydrogens is 204 g/mol. The highest BCUT2D eigenvalue weighted by Gasteiger charge is 2.29. The molecule has 82 valence electrons. The van der Waals surface area contributed by atoms with Crippen molar-refractivity contribution < 1.29 is 9.90 Å². The van der Waals surface area contributed by atoms with Gasteiger partial charge in [-0.15, -0.1) is 0 Å². The van der Waals surface area contributed by atoms with Crippen LogP contribution in [0.3, 0.4) is 0 Å². The predicted octanol–water partition coefficient (Wildman–Crippen LogP) is 2.00. The van der Waals surface area contributed by atoms with Crippen LogP contribution in [0.1, 0.15) is 24.6 Å². The van der Waals surface area contributed by atoms with E-state index in [0.717, 1.165) is 29.7 Å². The van der Waals surface area contributed by atoms with Crippen molar-refractivity contribution in [3.63, 3.8) is 0 Å². The van der Waals surface area contributed by atoms with Crippen molar-refractivity contribution in [2.45, 2.75) is 25.3 Å². The van der Waals surface area contributed by atoms with Crippen LogP contribution in [0.4, 0.5) is 0 Å². The van der Waals surface area contributed by atoms with E-state index in [4.69, 9.17) is 5.11 Å². The zero-order valence-electron chi connectivity index (χ0n) is 8.76. The van der Waals surface area contributed by atoms with E-state index in [0.29, 0.717) is 5.92 Å². The number of nitrogens with zero attached hydrogens (tertiary/aromatic N) is 2. The van der Waals surface area contributed by atoms with E-state index < -0.39 is 5.97 Å². The van der Waals surface area contributed by atoms with Crippen LogP contribution in [0, 0.1) is 0 Å². The molecule has 2 aromatic rings. The van der Waals surface area contributed by atoms with Gasteiger partial charge in [0.1, 0.15) is 12.4 Å². The highest BCUT2D eigenvalue weighted by Crippen LogP contribution is 2.40. The summed E-state index contributed by atoms with van der Waals surface area (Å²) in [6.45, 7) is 0.00630. The highest BCUT2D eigenvalue weighted by molar-refractivity contribution is 5.78. The Morgan fingerprint density at radius 1 is 1.44 bits per heavy atom. The molecule has 0 radical (unpaired) electrons. The molecule has 4 heteroatoms. The summed E-state index contributed by atoms with van der Waals surface area (Å²) in [5, 5.41) is 8.92. The molecule has 1 aliphatic carbocycles. The minimum Gasteiger partial charge on any atom is -0.480 e. The molecule has 4 nitrogen and oxygen atoms in total. The van der Waals surface area contributed by atoms with Crippen LogP contribution in [0.25, 0.3) is 11.0 Å². The van der Waals surface area contributed by atoms with Gasteiger partial charge in [0.2, 0.25) is 0 Å². The van der Waals surface area contributed by atoms with Gasteiger partial charge >= 0.3 is 5.97 Å². The number of hydrogen-bond donors (Lipinski definition) is 1. The molecule has 3 rings (SSSR count). The Balaban J connectivity index is 2.18. The zero-order chi connectivity index (χ0) is 11.1. The van der Waals surface area contributed by atoms with Crippen LogP contribution in [0.15, 0.2) is 24.3 Å². The number of hydrogen-bond acceptors (Lipinski definition) is 2. The Labute approximate surface area is 92.5 Å². The molecule has 0 spiro atoms. The number of benzene rings is 1. The Hall–Kier alpha value is -1.84. The van der Waals surface area contributed by atoms with Gasteiger partial charge in [-0.25, -0.2) is 4.98 Å². The second kappa shape index (κ2) is 3.33. The molecule has 0 aliphatic heterocycles. The third-order valence-corrected chi connectivity index (χ3v) is 2.92. The molecule has 1 N–H and O–H groups in total. The molecule has 0 bridgehead atoms. The Bertz CT molecular complexity index is 555. The van der Waals surface area contributed by atoms with Gasteiger partial charge < -0.3 is 9.67 Å². The van der Waals surface area contributed by atoms with Gasteiger partial charge in [-0.2, -0.15) is 0 Å². The summed E-state index contributed by atoms with van der Waals surface area (Å²) in [6.07, 6.45) is 2.26. The Morgan fingerprint density at radius 3 is 2.88 bits per heavy atom. The molecule has 16 heavy (non-hydrogen) atoms. The van der Waals surface area contributed by atoms with Gasteiger partial charge in [-0.3, -0.25) is 4.79 Å². The average molecular weight is 216 g/mol. The standard InChI is InChI=1S/C12H12N2O2/c15-11(16)7-14-10-4-2-1-3-9(10)13-12(14)8-5-6-8/h1-4,8H,5-7H2,(H,15,16). The van der Waals surface area contributed by atoms with Gasteiger partial charge in [0.15, 0.2) is 0 Å². The third-order valence-electron chi connectivity index (χ3n) is 2.92. The second-order valence-corrected chi connectivity index (χ2v) is 4.21. The van der Waals surface area contributed by atoms with Crippen molar-refractivity contribution >= 4 is 17.0 Å². The number of carbonyl (C=O) groups is 1. The first kappa shape index (κ1) is 9.39. The summed E-state index contributed by atoms with van der Waals surface area (Å²) in [5.74, 6) is 0.584. The van der Waals surface area contributed by atoms with Crippen molar-refractivity contribution in [3.8, 4) is 0 Å². The summed E-state index contributed by atoms with van der Waals surface area (Å²) in [4.78, 5) is 15.4. The van der Waals surface area contributed by atoms with Gasteiger partial charge in [-0.1, -0.05) is 12.1 Å². The maximum absolute atomic E-state index is 10.9. The lowest BCUT2D eigenvalue weighted by Gasteiger charge is -2.04. The van der Waals surface area contributed by atoms with Gasteiger partial charge in [0.05, 0.1) is 11.0 Å². The number of imidazole rings is 1. The van der Waals surface area contributed by atoms with Crippen molar-refractivity contribution in [2.24, 2.45) is 0 Å². The van der Waals surface area contributed by atoms with E-state index >= 15 is 0 Å². The number of rotatable bonds is 3. The Morgan fingerprint density at radius 2 is 2.19 bits per heavy atom. The van der Waals surface area contributed by atoms with Crippen molar-refractivity contribution in [3.05, 3.63) is 30.1 Å². The van der Waals surface area contributed by atoms with Gasteiger partial charge in [-0.05, 0) is 25.0 Å². The molecule has 1 saturated carbocycles. The first-order valence-electron chi connectivity index (χ1n) is 5.42. The lowest BCUT2D eigenvalue weighted by atomic mass is 10.3. The summed E-state index contributed by atoms with van der Waals surface area (Å²) in [5.41, 5.74) is 1.82. The van der Waals surface area contributed by atoms with E-state index in [9.17, 15) is 4.79 Å². The van der Waals surface area contributed by atoms with E-state index in [1.807, 2.05) is 28.8 Å². The summed E-state index contributed by atoms with van der Waals surface area (Å²) in [6, 6.07) is 7.70. The van der Waals surface area contributed by atoms with Crippen LogP contribution in [0.2, 0.25) is 0 Å². The molecule has 1 aliphatic rings. The molecule has 1 aromatic carbocycles. The summed E-state index contributed by atoms with van der Waals surface area (Å²) in [7, 11) is 0. The van der Waals surface area contributed by atoms with Crippen molar-refractivity contribution in [2.75, 3.05) is 0 Å². The minimum atomic E-state index is -0.815. The number of para-hydroxylation sites is 2. The third kappa shape index (κ3) is 1.46. The maximum Gasteiger partial charge on any atom is 0.323 e. The average Bonchev–Trinajstić information content (AvgIpc) is 3.03. The number of aliphatic carboxylic acids is 1. The number of carboxylic acid groups (broad SMARTS) is 1. The topological polar surface area (TPSA) is 55.1 Å². The zero-order valence-corrected chi connectivity index (χ0v) is 8.76. The predicted molar refractivity (Wildman–Crippen MR) is 59.3 cm³/mol. The van der Waals surface area contributed by atoms with Crippen LogP contribution in [0.5, 0.6) is 0 Å². The first-order valence-corrected chi connectivity index (χ1v) is 5.42. The fourth-order valence-electron chi connectivity index (χ4n) is 2.05. The maximum atomic E-state index is 10.9. The van der Waals surface area contributed by atoms with Crippen LogP contribution < -0.4 is 0 Å². The largest absolute Gasteiger partial charge is 0.480 e. The SMILES string of the molecule is O=C(O)Cn1c(C2CC2)nc2ccccc21. The Kier molecular flexibility index (Phi) is 1.96. The quantitative estimate of drug-likeness (QED) is 0.853. The monoisotopic (exact) mass is 216 g/mol. The minimum absolute atomic E-state index is 0.00630. The smallest absolute Gasteiger partial charge is 0.323 e. The van der Waals surface area contributed by atoms with Crippen LogP contribution >= 0.6 is 0 Å². The number of aromatic nitrogens is 2. The molecule has 1 aromatic heterocycles. The molecule has 0 saturated heterocycles. The molecule has 1 fully saturated rings. The van der Waals surface area contributed by atoms with Crippen LogP contribution in [-0.4, -0.2) is 20.6 Å². The van der Waals surface area contributed by atoms with E-state index in [2.05, 4.69) is 4.98 Å². The van der Waals surface area contributed by atoms with Crippen molar-refractivity contribution in [1.82, 2.24) is 9.55 Å². The molecule has 0 amide bonds. The van der Waals surface area contributed by atoms with E-state index in [1.165, 1.54) is 0 Å². The first-order chi connectivity index (χ1) is 7.75. The normalized spacial score (nSPS) is 15.5. The highest BCUT2D eigenvalue weighted by atomic mass is 16.4. The summed E-state index contributed by atoms with van der Waals surface area (Å²) >= 11 is 0. The van der Waals surface area contributed by atoms with E-state index in [1.54, 1.807) is 0 Å². The lowest BCUT2D eigenvalue weighted by molar-refractivity contribution is -0.137. The summed E-state index contributed by atoms with van der Waals surface area (Å²) < 4.78 is 1.83. The lowest BCUT2D eigenvalue weighted by Crippen LogP contribution is -2.11. The fraction of sp³-hybridized carbons (Fsp3) is 0.333. The number of fused-ring (bicyclic) bond motifs is 1.